The highest BCUT2D eigenvalue weighted by molar-refractivity contribution is 4.88. The molecule has 1 heterocycles. The molecular formula is C15H30N2. The fourth-order valence-corrected chi connectivity index (χ4v) is 4.02. The van der Waals surface area contributed by atoms with Crippen molar-refractivity contribution in [3.63, 3.8) is 0 Å². The van der Waals surface area contributed by atoms with Crippen molar-refractivity contribution < 1.29 is 0 Å². The molecule has 0 aromatic carbocycles. The van der Waals surface area contributed by atoms with E-state index in [4.69, 9.17) is 5.73 Å². The van der Waals surface area contributed by atoms with Crippen molar-refractivity contribution in [1.82, 2.24) is 4.90 Å². The van der Waals surface area contributed by atoms with Crippen LogP contribution in [0.5, 0.6) is 0 Å². The van der Waals surface area contributed by atoms with Crippen molar-refractivity contribution in [2.24, 2.45) is 11.7 Å². The summed E-state index contributed by atoms with van der Waals surface area (Å²) in [5.41, 5.74) is 6.11. The summed E-state index contributed by atoms with van der Waals surface area (Å²) in [7, 11) is 0. The number of hydrogen-bond acceptors (Lipinski definition) is 2. The molecule has 2 unspecified atom stereocenters. The Hall–Kier alpha value is -0.0800. The first kappa shape index (κ1) is 13.4. The zero-order chi connectivity index (χ0) is 12.1. The molecule has 0 spiro atoms. The highest BCUT2D eigenvalue weighted by Gasteiger charge is 2.32. The van der Waals surface area contributed by atoms with E-state index >= 15 is 0 Å². The van der Waals surface area contributed by atoms with Crippen molar-refractivity contribution in [3.05, 3.63) is 0 Å². The largest absolute Gasteiger partial charge is 0.329 e. The van der Waals surface area contributed by atoms with Crippen molar-refractivity contribution >= 4 is 0 Å². The maximum atomic E-state index is 6.11. The molecule has 2 aliphatic rings. The molecule has 2 atom stereocenters. The van der Waals surface area contributed by atoms with Gasteiger partial charge in [0, 0.05) is 18.6 Å². The molecule has 2 heteroatoms. The molecule has 100 valence electrons. The Labute approximate surface area is 107 Å². The minimum Gasteiger partial charge on any atom is -0.329 e. The second-order valence-electron chi connectivity index (χ2n) is 6.00. The van der Waals surface area contributed by atoms with Gasteiger partial charge in [0.2, 0.25) is 0 Å². The Morgan fingerprint density at radius 2 is 1.76 bits per heavy atom. The second kappa shape index (κ2) is 6.75. The van der Waals surface area contributed by atoms with E-state index in [1.54, 1.807) is 0 Å². The van der Waals surface area contributed by atoms with Crippen LogP contribution >= 0.6 is 0 Å². The lowest BCUT2D eigenvalue weighted by Gasteiger charge is -2.39. The predicted molar refractivity (Wildman–Crippen MR) is 74.1 cm³/mol. The van der Waals surface area contributed by atoms with Crippen molar-refractivity contribution in [3.8, 4) is 0 Å². The smallest absolute Gasteiger partial charge is 0.0249 e. The molecule has 1 aliphatic carbocycles. The van der Waals surface area contributed by atoms with E-state index in [0.717, 1.165) is 18.5 Å². The van der Waals surface area contributed by atoms with Gasteiger partial charge in [-0.15, -0.1) is 0 Å². The quantitative estimate of drug-likeness (QED) is 0.815. The van der Waals surface area contributed by atoms with E-state index in [0.29, 0.717) is 6.04 Å². The zero-order valence-corrected chi connectivity index (χ0v) is 11.5. The Kier molecular flexibility index (Phi) is 5.30. The molecular weight excluding hydrogens is 208 g/mol. The molecule has 17 heavy (non-hydrogen) atoms. The molecule has 1 saturated heterocycles. The van der Waals surface area contributed by atoms with Crippen LogP contribution in [0.4, 0.5) is 0 Å². The van der Waals surface area contributed by atoms with Crippen LogP contribution in [-0.2, 0) is 0 Å². The van der Waals surface area contributed by atoms with Crippen LogP contribution in [-0.4, -0.2) is 30.1 Å². The van der Waals surface area contributed by atoms with Gasteiger partial charge in [0.05, 0.1) is 0 Å². The van der Waals surface area contributed by atoms with Gasteiger partial charge in [0.15, 0.2) is 0 Å². The Bertz CT molecular complexity index is 211. The van der Waals surface area contributed by atoms with Gasteiger partial charge in [-0.2, -0.15) is 0 Å². The summed E-state index contributed by atoms with van der Waals surface area (Å²) < 4.78 is 0. The molecule has 0 amide bonds. The van der Waals surface area contributed by atoms with Crippen LogP contribution in [0, 0.1) is 5.92 Å². The van der Waals surface area contributed by atoms with Gasteiger partial charge in [0.25, 0.3) is 0 Å². The minimum absolute atomic E-state index is 0.681. The van der Waals surface area contributed by atoms with Crippen LogP contribution in [0.3, 0.4) is 0 Å². The molecule has 2 nitrogen and oxygen atoms in total. The average Bonchev–Trinajstić information content (AvgIpc) is 2.76. The predicted octanol–water partition coefficient (Wildman–Crippen LogP) is 3.16. The third-order valence-corrected chi connectivity index (χ3v) is 5.01. The SMILES string of the molecule is CCC1CCCCCN1C(CN)C1CCCC1. The Morgan fingerprint density at radius 3 is 2.41 bits per heavy atom. The summed E-state index contributed by atoms with van der Waals surface area (Å²) in [4.78, 5) is 2.79. The van der Waals surface area contributed by atoms with Gasteiger partial charge < -0.3 is 5.73 Å². The van der Waals surface area contributed by atoms with Crippen molar-refractivity contribution in [2.45, 2.75) is 76.8 Å². The lowest BCUT2D eigenvalue weighted by atomic mass is 9.94. The molecule has 0 aromatic heterocycles. The van der Waals surface area contributed by atoms with E-state index in [1.807, 2.05) is 0 Å². The summed E-state index contributed by atoms with van der Waals surface area (Å²) in [6, 6.07) is 1.49. The monoisotopic (exact) mass is 238 g/mol. The van der Waals surface area contributed by atoms with E-state index in [1.165, 1.54) is 64.3 Å². The summed E-state index contributed by atoms with van der Waals surface area (Å²) in [6.45, 7) is 4.53. The third kappa shape index (κ3) is 3.23. The van der Waals surface area contributed by atoms with E-state index in [2.05, 4.69) is 11.8 Å². The first-order chi connectivity index (χ1) is 8.36. The van der Waals surface area contributed by atoms with Gasteiger partial charge in [-0.1, -0.05) is 32.6 Å². The van der Waals surface area contributed by atoms with E-state index in [9.17, 15) is 0 Å². The summed E-state index contributed by atoms with van der Waals surface area (Å²) >= 11 is 0. The maximum Gasteiger partial charge on any atom is 0.0249 e. The third-order valence-electron chi connectivity index (χ3n) is 5.01. The lowest BCUT2D eigenvalue weighted by molar-refractivity contribution is 0.0960. The molecule has 2 N–H and O–H groups in total. The minimum atomic E-state index is 0.681. The number of likely N-dealkylation sites (tertiary alicyclic amines) is 1. The number of nitrogens with two attached hydrogens (primary N) is 1. The van der Waals surface area contributed by atoms with Gasteiger partial charge in [-0.25, -0.2) is 0 Å². The first-order valence-corrected chi connectivity index (χ1v) is 7.82. The summed E-state index contributed by atoms with van der Waals surface area (Å²) in [6.07, 6.45) is 12.7. The van der Waals surface area contributed by atoms with Crippen molar-refractivity contribution in [1.29, 1.82) is 0 Å². The van der Waals surface area contributed by atoms with Gasteiger partial charge in [-0.05, 0) is 44.6 Å². The van der Waals surface area contributed by atoms with Gasteiger partial charge >= 0.3 is 0 Å². The molecule has 2 rings (SSSR count). The fourth-order valence-electron chi connectivity index (χ4n) is 4.02. The number of rotatable bonds is 4. The molecule has 2 fully saturated rings. The standard InChI is InChI=1S/C15H30N2/c1-2-14-10-4-3-7-11-17(14)15(12-16)13-8-5-6-9-13/h13-15H,2-12,16H2,1H3. The summed E-state index contributed by atoms with van der Waals surface area (Å²) in [5.74, 6) is 0.896. The van der Waals surface area contributed by atoms with E-state index in [-0.39, 0.29) is 0 Å². The normalized spacial score (nSPS) is 30.4. The van der Waals surface area contributed by atoms with Crippen LogP contribution in [0.2, 0.25) is 0 Å². The van der Waals surface area contributed by atoms with Gasteiger partial charge in [0.1, 0.15) is 0 Å². The Morgan fingerprint density at radius 1 is 1.06 bits per heavy atom. The maximum absolute atomic E-state index is 6.11. The van der Waals surface area contributed by atoms with Crippen LogP contribution in [0.1, 0.15) is 64.7 Å². The molecule has 1 saturated carbocycles. The highest BCUT2D eigenvalue weighted by atomic mass is 15.2. The second-order valence-corrected chi connectivity index (χ2v) is 6.00. The topological polar surface area (TPSA) is 29.3 Å². The van der Waals surface area contributed by atoms with Crippen molar-refractivity contribution in [2.75, 3.05) is 13.1 Å². The average molecular weight is 238 g/mol. The Balaban J connectivity index is 2.03. The molecule has 0 bridgehead atoms. The van der Waals surface area contributed by atoms with E-state index < -0.39 is 0 Å². The van der Waals surface area contributed by atoms with Crippen LogP contribution in [0.15, 0.2) is 0 Å². The number of nitrogens with zero attached hydrogens (tertiary/aromatic N) is 1. The van der Waals surface area contributed by atoms with Gasteiger partial charge in [-0.3, -0.25) is 4.90 Å². The van der Waals surface area contributed by atoms with Crippen LogP contribution < -0.4 is 5.73 Å². The fraction of sp³-hybridized carbons (Fsp3) is 1.00. The molecule has 0 aromatic rings. The molecule has 1 aliphatic heterocycles. The number of hydrogen-bond donors (Lipinski definition) is 1. The summed E-state index contributed by atoms with van der Waals surface area (Å²) in [5, 5.41) is 0. The molecule has 0 radical (unpaired) electrons. The highest BCUT2D eigenvalue weighted by Crippen LogP contribution is 2.33. The zero-order valence-electron chi connectivity index (χ0n) is 11.5. The first-order valence-electron chi connectivity index (χ1n) is 7.82. The van der Waals surface area contributed by atoms with Crippen LogP contribution in [0.25, 0.3) is 0 Å². The lowest BCUT2D eigenvalue weighted by Crippen LogP contribution is -2.49.